The summed E-state index contributed by atoms with van der Waals surface area (Å²) >= 11 is 0. The summed E-state index contributed by atoms with van der Waals surface area (Å²) in [5, 5.41) is 4.08. The zero-order valence-electron chi connectivity index (χ0n) is 11.9. The van der Waals surface area contributed by atoms with Crippen LogP contribution in [0.3, 0.4) is 0 Å². The SMILES string of the molecule is CC.CC(=O)NNC(=O)C(C)(C)n1cc(C)cn1. The fraction of sp³-hybridized carbons (Fsp3) is 0.583. The molecule has 0 saturated heterocycles. The van der Waals surface area contributed by atoms with Crippen molar-refractivity contribution in [2.75, 3.05) is 0 Å². The van der Waals surface area contributed by atoms with Crippen molar-refractivity contribution in [3.05, 3.63) is 18.0 Å². The molecule has 0 spiro atoms. The Labute approximate surface area is 108 Å². The number of rotatable bonds is 2. The summed E-state index contributed by atoms with van der Waals surface area (Å²) in [6.45, 7) is 10.7. The van der Waals surface area contributed by atoms with Gasteiger partial charge in [-0.15, -0.1) is 0 Å². The van der Waals surface area contributed by atoms with E-state index in [9.17, 15) is 9.59 Å². The molecular formula is C12H22N4O2. The van der Waals surface area contributed by atoms with Crippen molar-refractivity contribution in [1.82, 2.24) is 20.6 Å². The normalized spacial score (nSPS) is 10.1. The molecule has 1 aromatic heterocycles. The smallest absolute Gasteiger partial charge is 0.265 e. The number of nitrogens with one attached hydrogen (secondary N) is 2. The van der Waals surface area contributed by atoms with Gasteiger partial charge in [-0.1, -0.05) is 13.8 Å². The third-order valence-corrected chi connectivity index (χ3v) is 2.19. The van der Waals surface area contributed by atoms with Crippen LogP contribution in [0.5, 0.6) is 0 Å². The maximum absolute atomic E-state index is 11.8. The number of hydrogen-bond donors (Lipinski definition) is 2. The number of carbonyl (C=O) groups excluding carboxylic acids is 2. The number of hydrazine groups is 1. The second kappa shape index (κ2) is 6.78. The van der Waals surface area contributed by atoms with Crippen LogP contribution in [0.1, 0.15) is 40.2 Å². The molecule has 18 heavy (non-hydrogen) atoms. The van der Waals surface area contributed by atoms with E-state index in [0.29, 0.717) is 0 Å². The Hall–Kier alpha value is -1.85. The maximum Gasteiger partial charge on any atom is 0.265 e. The van der Waals surface area contributed by atoms with Crippen molar-refractivity contribution in [2.24, 2.45) is 0 Å². The number of carbonyl (C=O) groups is 2. The Morgan fingerprint density at radius 1 is 1.28 bits per heavy atom. The second-order valence-corrected chi connectivity index (χ2v) is 4.16. The molecule has 0 fully saturated rings. The van der Waals surface area contributed by atoms with Crippen LogP contribution >= 0.6 is 0 Å². The first-order valence-corrected chi connectivity index (χ1v) is 5.93. The Bertz CT molecular complexity index is 410. The topological polar surface area (TPSA) is 76.0 Å². The zero-order valence-corrected chi connectivity index (χ0v) is 11.9. The molecule has 2 N–H and O–H groups in total. The molecule has 0 bridgehead atoms. The largest absolute Gasteiger partial charge is 0.274 e. The Kier molecular flexibility index (Phi) is 6.08. The second-order valence-electron chi connectivity index (χ2n) is 4.16. The average molecular weight is 254 g/mol. The molecule has 0 aliphatic carbocycles. The zero-order chi connectivity index (χ0) is 14.3. The van der Waals surface area contributed by atoms with E-state index in [1.165, 1.54) is 6.92 Å². The van der Waals surface area contributed by atoms with Gasteiger partial charge in [0.2, 0.25) is 5.91 Å². The summed E-state index contributed by atoms with van der Waals surface area (Å²) in [4.78, 5) is 22.5. The molecule has 2 amide bonds. The van der Waals surface area contributed by atoms with Gasteiger partial charge in [0.1, 0.15) is 5.54 Å². The molecule has 6 nitrogen and oxygen atoms in total. The van der Waals surface area contributed by atoms with Crippen LogP contribution in [0.2, 0.25) is 0 Å². The van der Waals surface area contributed by atoms with E-state index in [-0.39, 0.29) is 11.8 Å². The van der Waals surface area contributed by atoms with Gasteiger partial charge < -0.3 is 0 Å². The fourth-order valence-corrected chi connectivity index (χ4v) is 1.12. The van der Waals surface area contributed by atoms with Gasteiger partial charge in [-0.05, 0) is 26.3 Å². The highest BCUT2D eigenvalue weighted by Crippen LogP contribution is 2.14. The highest BCUT2D eigenvalue weighted by atomic mass is 16.2. The van der Waals surface area contributed by atoms with Crippen molar-refractivity contribution in [3.63, 3.8) is 0 Å². The molecule has 0 aliphatic heterocycles. The molecule has 102 valence electrons. The Balaban J connectivity index is 0.00000137. The molecule has 0 aliphatic rings. The van der Waals surface area contributed by atoms with E-state index in [2.05, 4.69) is 16.0 Å². The first kappa shape index (κ1) is 16.1. The molecule has 1 rings (SSSR count). The minimum atomic E-state index is -0.850. The lowest BCUT2D eigenvalue weighted by Crippen LogP contribution is -2.51. The predicted molar refractivity (Wildman–Crippen MR) is 69.6 cm³/mol. The summed E-state index contributed by atoms with van der Waals surface area (Å²) in [6, 6.07) is 0. The first-order chi connectivity index (χ1) is 8.34. The van der Waals surface area contributed by atoms with E-state index in [1.807, 2.05) is 20.8 Å². The lowest BCUT2D eigenvalue weighted by Gasteiger charge is -2.24. The number of amides is 2. The van der Waals surface area contributed by atoms with Crippen LogP contribution in [-0.2, 0) is 15.1 Å². The third kappa shape index (κ3) is 4.20. The highest BCUT2D eigenvalue weighted by Gasteiger charge is 2.30. The van der Waals surface area contributed by atoms with Crippen molar-refractivity contribution >= 4 is 11.8 Å². The molecule has 0 radical (unpaired) electrons. The van der Waals surface area contributed by atoms with E-state index >= 15 is 0 Å². The summed E-state index contributed by atoms with van der Waals surface area (Å²) in [6.07, 6.45) is 3.45. The average Bonchev–Trinajstić information content (AvgIpc) is 2.76. The van der Waals surface area contributed by atoms with Gasteiger partial charge in [-0.25, -0.2) is 0 Å². The van der Waals surface area contributed by atoms with Crippen LogP contribution in [0.25, 0.3) is 0 Å². The van der Waals surface area contributed by atoms with Crippen molar-refractivity contribution in [2.45, 2.75) is 47.1 Å². The standard InChI is InChI=1S/C10H16N4O2.C2H6/c1-7-5-11-14(6-7)10(3,4)9(16)13-12-8(2)15;1-2/h5-6H,1-4H3,(H,12,15)(H,13,16);1-2H3. The number of aryl methyl sites for hydroxylation is 1. The van der Waals surface area contributed by atoms with E-state index in [0.717, 1.165) is 5.56 Å². The minimum Gasteiger partial charge on any atom is -0.274 e. The monoisotopic (exact) mass is 254 g/mol. The molecule has 1 aromatic rings. The van der Waals surface area contributed by atoms with Crippen molar-refractivity contribution in [3.8, 4) is 0 Å². The van der Waals surface area contributed by atoms with Gasteiger partial charge in [0.15, 0.2) is 0 Å². The van der Waals surface area contributed by atoms with E-state index in [1.54, 1.807) is 30.9 Å². The molecule has 0 atom stereocenters. The van der Waals surface area contributed by atoms with Gasteiger partial charge in [-0.3, -0.25) is 25.1 Å². The molecule has 0 unspecified atom stereocenters. The molecule has 0 aromatic carbocycles. The van der Waals surface area contributed by atoms with Gasteiger partial charge >= 0.3 is 0 Å². The number of aromatic nitrogens is 2. The molecule has 1 heterocycles. The Morgan fingerprint density at radius 2 is 1.83 bits per heavy atom. The van der Waals surface area contributed by atoms with Crippen LogP contribution in [0.4, 0.5) is 0 Å². The highest BCUT2D eigenvalue weighted by molar-refractivity contribution is 5.85. The summed E-state index contributed by atoms with van der Waals surface area (Å²) in [5.74, 6) is -0.647. The van der Waals surface area contributed by atoms with Crippen LogP contribution in [-0.4, -0.2) is 21.6 Å². The van der Waals surface area contributed by atoms with Gasteiger partial charge in [0.25, 0.3) is 5.91 Å². The number of nitrogens with zero attached hydrogens (tertiary/aromatic N) is 2. The molecule has 6 heteroatoms. The van der Waals surface area contributed by atoms with Gasteiger partial charge in [-0.2, -0.15) is 5.10 Å². The van der Waals surface area contributed by atoms with Gasteiger partial charge in [0.05, 0.1) is 6.20 Å². The van der Waals surface area contributed by atoms with E-state index in [4.69, 9.17) is 0 Å². The fourth-order valence-electron chi connectivity index (χ4n) is 1.12. The summed E-state index contributed by atoms with van der Waals surface area (Å²) < 4.78 is 1.56. The lowest BCUT2D eigenvalue weighted by atomic mass is 10.1. The summed E-state index contributed by atoms with van der Waals surface area (Å²) in [7, 11) is 0. The van der Waals surface area contributed by atoms with Crippen LogP contribution in [0.15, 0.2) is 12.4 Å². The quantitative estimate of drug-likeness (QED) is 0.776. The third-order valence-electron chi connectivity index (χ3n) is 2.19. The van der Waals surface area contributed by atoms with Crippen LogP contribution in [0, 0.1) is 6.92 Å². The van der Waals surface area contributed by atoms with E-state index < -0.39 is 5.54 Å². The van der Waals surface area contributed by atoms with Crippen molar-refractivity contribution < 1.29 is 9.59 Å². The van der Waals surface area contributed by atoms with Crippen molar-refractivity contribution in [1.29, 1.82) is 0 Å². The number of hydrogen-bond acceptors (Lipinski definition) is 3. The summed E-state index contributed by atoms with van der Waals surface area (Å²) in [5.41, 5.74) is 4.70. The van der Waals surface area contributed by atoms with Gasteiger partial charge in [0, 0.05) is 13.1 Å². The predicted octanol–water partition coefficient (Wildman–Crippen LogP) is 1.12. The van der Waals surface area contributed by atoms with Crippen LogP contribution < -0.4 is 10.9 Å². The maximum atomic E-state index is 11.8. The Morgan fingerprint density at radius 3 is 2.22 bits per heavy atom. The molecular weight excluding hydrogens is 232 g/mol. The lowest BCUT2D eigenvalue weighted by molar-refractivity contribution is -0.133. The first-order valence-electron chi connectivity index (χ1n) is 5.93. The molecule has 0 saturated carbocycles. The minimum absolute atomic E-state index is 0.319.